The van der Waals surface area contributed by atoms with Gasteiger partial charge in [-0.3, -0.25) is 0 Å². The van der Waals surface area contributed by atoms with Gasteiger partial charge in [-0.15, -0.1) is 0 Å². The number of rotatable bonds is 4. The van der Waals surface area contributed by atoms with Crippen LogP contribution in [0.15, 0.2) is 30.3 Å². The molecular weight excluding hydrogens is 188 g/mol. The number of benzene rings is 1. The Morgan fingerprint density at radius 2 is 1.71 bits per heavy atom. The van der Waals surface area contributed by atoms with Crippen molar-refractivity contribution in [1.82, 2.24) is 0 Å². The van der Waals surface area contributed by atoms with E-state index in [1.54, 1.807) is 0 Å². The minimum Gasteiger partial charge on any atom is -0.411 e. The summed E-state index contributed by atoms with van der Waals surface area (Å²) in [6.45, 7) is 8.88. The van der Waals surface area contributed by atoms with E-state index in [2.05, 4.69) is 50.8 Å². The van der Waals surface area contributed by atoms with Crippen molar-refractivity contribution in [2.45, 2.75) is 39.1 Å². The molecule has 1 atom stereocenters. The molecule has 0 N–H and O–H groups in total. The molecule has 0 radical (unpaired) electrons. The Kier molecular flexibility index (Phi) is 3.90. The highest BCUT2D eigenvalue weighted by Gasteiger charge is 2.20. The van der Waals surface area contributed by atoms with E-state index in [9.17, 15) is 0 Å². The third-order valence-electron chi connectivity index (χ3n) is 2.04. The van der Waals surface area contributed by atoms with Crippen LogP contribution in [0.2, 0.25) is 19.6 Å². The van der Waals surface area contributed by atoms with E-state index >= 15 is 0 Å². The number of hydrogen-bond acceptors (Lipinski definition) is 1. The average Bonchev–Trinajstić information content (AvgIpc) is 2.14. The molecule has 0 spiro atoms. The molecule has 78 valence electrons. The molecule has 1 aromatic rings. The first-order valence-electron chi connectivity index (χ1n) is 5.25. The molecule has 1 nitrogen and oxygen atoms in total. The van der Waals surface area contributed by atoms with Gasteiger partial charge in [-0.1, -0.05) is 37.3 Å². The largest absolute Gasteiger partial charge is 0.411 e. The van der Waals surface area contributed by atoms with E-state index in [-0.39, 0.29) is 6.10 Å². The molecule has 1 unspecified atom stereocenters. The molecule has 0 saturated heterocycles. The SMILES string of the molecule is CCC(O[Si](C)(C)C)c1ccccc1. The predicted molar refractivity (Wildman–Crippen MR) is 63.9 cm³/mol. The summed E-state index contributed by atoms with van der Waals surface area (Å²) >= 11 is 0. The van der Waals surface area contributed by atoms with Gasteiger partial charge in [-0.25, -0.2) is 0 Å². The van der Waals surface area contributed by atoms with E-state index in [1.165, 1.54) is 5.56 Å². The van der Waals surface area contributed by atoms with E-state index in [0.717, 1.165) is 6.42 Å². The van der Waals surface area contributed by atoms with Crippen molar-refractivity contribution in [1.29, 1.82) is 0 Å². The monoisotopic (exact) mass is 208 g/mol. The Balaban J connectivity index is 2.73. The lowest BCUT2D eigenvalue weighted by Crippen LogP contribution is -2.27. The molecule has 0 saturated carbocycles. The summed E-state index contributed by atoms with van der Waals surface area (Å²) < 4.78 is 6.11. The Morgan fingerprint density at radius 1 is 1.14 bits per heavy atom. The lowest BCUT2D eigenvalue weighted by atomic mass is 10.1. The van der Waals surface area contributed by atoms with Crippen LogP contribution >= 0.6 is 0 Å². The van der Waals surface area contributed by atoms with Crippen molar-refractivity contribution in [2.24, 2.45) is 0 Å². The summed E-state index contributed by atoms with van der Waals surface area (Å²) in [5.74, 6) is 0. The van der Waals surface area contributed by atoms with Gasteiger partial charge in [0, 0.05) is 0 Å². The van der Waals surface area contributed by atoms with Gasteiger partial charge in [-0.2, -0.15) is 0 Å². The van der Waals surface area contributed by atoms with Crippen molar-refractivity contribution in [2.75, 3.05) is 0 Å². The van der Waals surface area contributed by atoms with Gasteiger partial charge in [0.05, 0.1) is 6.10 Å². The Labute approximate surface area is 88.2 Å². The topological polar surface area (TPSA) is 9.23 Å². The molecule has 0 aliphatic heterocycles. The Morgan fingerprint density at radius 3 is 2.14 bits per heavy atom. The molecule has 14 heavy (non-hydrogen) atoms. The summed E-state index contributed by atoms with van der Waals surface area (Å²) in [7, 11) is -1.42. The maximum Gasteiger partial charge on any atom is 0.184 e. The first-order chi connectivity index (χ1) is 6.53. The molecule has 0 aliphatic carbocycles. The quantitative estimate of drug-likeness (QED) is 0.680. The third-order valence-corrected chi connectivity index (χ3v) is 3.03. The van der Waals surface area contributed by atoms with Gasteiger partial charge in [0.25, 0.3) is 0 Å². The first-order valence-corrected chi connectivity index (χ1v) is 8.66. The average molecular weight is 208 g/mol. The van der Waals surface area contributed by atoms with Crippen LogP contribution in [0.3, 0.4) is 0 Å². The highest BCUT2D eigenvalue weighted by molar-refractivity contribution is 6.69. The summed E-state index contributed by atoms with van der Waals surface area (Å²) in [6.07, 6.45) is 1.33. The van der Waals surface area contributed by atoms with Crippen LogP contribution in [0, 0.1) is 0 Å². The van der Waals surface area contributed by atoms with Crippen LogP contribution in [0.25, 0.3) is 0 Å². The zero-order valence-corrected chi connectivity index (χ0v) is 10.6. The fraction of sp³-hybridized carbons (Fsp3) is 0.500. The van der Waals surface area contributed by atoms with Crippen LogP contribution < -0.4 is 0 Å². The fourth-order valence-corrected chi connectivity index (χ4v) is 2.64. The molecule has 2 heteroatoms. The highest BCUT2D eigenvalue weighted by Crippen LogP contribution is 2.24. The maximum atomic E-state index is 6.11. The van der Waals surface area contributed by atoms with Gasteiger partial charge in [-0.05, 0) is 31.6 Å². The third kappa shape index (κ3) is 3.64. The lowest BCUT2D eigenvalue weighted by Gasteiger charge is -2.25. The minimum absolute atomic E-state index is 0.280. The van der Waals surface area contributed by atoms with Gasteiger partial charge in [0.2, 0.25) is 0 Å². The molecule has 1 aromatic carbocycles. The van der Waals surface area contributed by atoms with Crippen molar-refractivity contribution in [3.63, 3.8) is 0 Å². The standard InChI is InChI=1S/C12H20OSi/c1-5-12(13-14(2,3)4)11-9-7-6-8-10-11/h6-10,12H,5H2,1-4H3. The molecule has 0 amide bonds. The smallest absolute Gasteiger partial charge is 0.184 e. The lowest BCUT2D eigenvalue weighted by molar-refractivity contribution is 0.193. The second kappa shape index (κ2) is 4.76. The van der Waals surface area contributed by atoms with Crippen molar-refractivity contribution in [3.8, 4) is 0 Å². The maximum absolute atomic E-state index is 6.11. The normalized spacial score (nSPS) is 14.0. The van der Waals surface area contributed by atoms with E-state index in [4.69, 9.17) is 4.43 Å². The molecule has 0 heterocycles. The van der Waals surface area contributed by atoms with Crippen LogP contribution in [0.5, 0.6) is 0 Å². The second-order valence-electron chi connectivity index (χ2n) is 4.54. The summed E-state index contributed by atoms with van der Waals surface area (Å²) in [4.78, 5) is 0. The molecule has 0 aliphatic rings. The van der Waals surface area contributed by atoms with Gasteiger partial charge >= 0.3 is 0 Å². The van der Waals surface area contributed by atoms with Crippen LogP contribution in [0.4, 0.5) is 0 Å². The van der Waals surface area contributed by atoms with Crippen molar-refractivity contribution < 1.29 is 4.43 Å². The number of hydrogen-bond donors (Lipinski definition) is 0. The summed E-state index contributed by atoms with van der Waals surface area (Å²) in [5.41, 5.74) is 1.30. The summed E-state index contributed by atoms with van der Waals surface area (Å²) in [6, 6.07) is 10.5. The van der Waals surface area contributed by atoms with Crippen molar-refractivity contribution >= 4 is 8.32 Å². The first kappa shape index (κ1) is 11.5. The molecule has 0 aromatic heterocycles. The Hall–Kier alpha value is -0.603. The van der Waals surface area contributed by atoms with Gasteiger partial charge < -0.3 is 4.43 Å². The van der Waals surface area contributed by atoms with Gasteiger partial charge in [0.15, 0.2) is 8.32 Å². The predicted octanol–water partition coefficient (Wildman–Crippen LogP) is 3.99. The summed E-state index contributed by atoms with van der Waals surface area (Å²) in [5, 5.41) is 0. The fourth-order valence-electron chi connectivity index (χ4n) is 1.48. The Bertz CT molecular complexity index is 263. The zero-order valence-electron chi connectivity index (χ0n) is 9.58. The van der Waals surface area contributed by atoms with Crippen LogP contribution in [-0.4, -0.2) is 8.32 Å². The van der Waals surface area contributed by atoms with Crippen LogP contribution in [0.1, 0.15) is 25.0 Å². The molecular formula is C12H20OSi. The van der Waals surface area contributed by atoms with E-state index in [0.29, 0.717) is 0 Å². The van der Waals surface area contributed by atoms with E-state index in [1.807, 2.05) is 6.07 Å². The molecule has 0 fully saturated rings. The second-order valence-corrected chi connectivity index (χ2v) is 9.00. The zero-order chi connectivity index (χ0) is 10.6. The van der Waals surface area contributed by atoms with Crippen molar-refractivity contribution in [3.05, 3.63) is 35.9 Å². The molecule has 0 bridgehead atoms. The highest BCUT2D eigenvalue weighted by atomic mass is 28.4. The minimum atomic E-state index is -1.42. The van der Waals surface area contributed by atoms with E-state index < -0.39 is 8.32 Å². The molecule has 1 rings (SSSR count). The van der Waals surface area contributed by atoms with Gasteiger partial charge in [0.1, 0.15) is 0 Å². The van der Waals surface area contributed by atoms with Crippen LogP contribution in [-0.2, 0) is 4.43 Å².